The van der Waals surface area contributed by atoms with Gasteiger partial charge in [-0.3, -0.25) is 4.79 Å². The van der Waals surface area contributed by atoms with E-state index in [1.165, 1.54) is 22.7 Å². The Morgan fingerprint density at radius 3 is 2.21 bits per heavy atom. The van der Waals surface area contributed by atoms with E-state index < -0.39 is 16.3 Å². The lowest BCUT2D eigenvalue weighted by Gasteiger charge is -2.36. The number of nitrogens with two attached hydrogens (primary N) is 1. The molecule has 7 nitrogen and oxygen atoms in total. The van der Waals surface area contributed by atoms with E-state index in [0.29, 0.717) is 32.6 Å². The fraction of sp³-hybridized carbons (Fsp3) is 0.909. The summed E-state index contributed by atoms with van der Waals surface area (Å²) < 4.78 is 26.4. The summed E-state index contributed by atoms with van der Waals surface area (Å²) in [5.74, 6) is -0.0799. The van der Waals surface area contributed by atoms with E-state index in [4.69, 9.17) is 5.73 Å². The average molecular weight is 292 g/mol. The molecular weight excluding hydrogens is 268 g/mol. The van der Waals surface area contributed by atoms with Crippen molar-refractivity contribution in [3.05, 3.63) is 0 Å². The lowest BCUT2D eigenvalue weighted by atomic mass is 10.1. The second kappa shape index (κ2) is 6.65. The highest BCUT2D eigenvalue weighted by Gasteiger charge is 2.31. The van der Waals surface area contributed by atoms with Crippen LogP contribution in [-0.4, -0.2) is 74.2 Å². The standard InChI is InChI=1S/C11H24N4O3S/c1-4-5-10(12)11(16)14-6-8-15(9-7-14)19(17,18)13(2)3/h10H,4-9,12H2,1-3H3/t10-/m0/s1. The van der Waals surface area contributed by atoms with Crippen molar-refractivity contribution in [2.75, 3.05) is 40.3 Å². The molecule has 1 saturated heterocycles. The second-order valence-electron chi connectivity index (χ2n) is 4.91. The zero-order chi connectivity index (χ0) is 14.6. The molecular formula is C11H24N4O3S. The molecule has 0 aliphatic carbocycles. The van der Waals surface area contributed by atoms with E-state index >= 15 is 0 Å². The highest BCUT2D eigenvalue weighted by Crippen LogP contribution is 2.11. The first-order chi connectivity index (χ1) is 8.80. The van der Waals surface area contributed by atoms with Crippen LogP contribution in [0.5, 0.6) is 0 Å². The van der Waals surface area contributed by atoms with Crippen LogP contribution in [0.3, 0.4) is 0 Å². The minimum absolute atomic E-state index is 0.0799. The molecule has 0 unspecified atom stereocenters. The smallest absolute Gasteiger partial charge is 0.281 e. The van der Waals surface area contributed by atoms with Crippen LogP contribution in [-0.2, 0) is 15.0 Å². The van der Waals surface area contributed by atoms with Gasteiger partial charge in [0, 0.05) is 40.3 Å². The lowest BCUT2D eigenvalue weighted by molar-refractivity contribution is -0.133. The zero-order valence-electron chi connectivity index (χ0n) is 11.9. The van der Waals surface area contributed by atoms with Gasteiger partial charge < -0.3 is 10.6 Å². The summed E-state index contributed by atoms with van der Waals surface area (Å²) in [6, 6.07) is -0.470. The van der Waals surface area contributed by atoms with Crippen LogP contribution < -0.4 is 5.73 Å². The summed E-state index contributed by atoms with van der Waals surface area (Å²) >= 11 is 0. The minimum atomic E-state index is -3.38. The third-order valence-corrected chi connectivity index (χ3v) is 5.20. The molecule has 1 aliphatic heterocycles. The molecule has 0 bridgehead atoms. The highest BCUT2D eigenvalue weighted by molar-refractivity contribution is 7.86. The highest BCUT2D eigenvalue weighted by atomic mass is 32.2. The van der Waals surface area contributed by atoms with Gasteiger partial charge in [-0.1, -0.05) is 13.3 Å². The van der Waals surface area contributed by atoms with Crippen LogP contribution >= 0.6 is 0 Å². The summed E-state index contributed by atoms with van der Waals surface area (Å²) in [4.78, 5) is 13.7. The van der Waals surface area contributed by atoms with E-state index in [1.54, 1.807) is 4.90 Å². The molecule has 1 heterocycles. The van der Waals surface area contributed by atoms with Crippen molar-refractivity contribution in [3.63, 3.8) is 0 Å². The van der Waals surface area contributed by atoms with Crippen LogP contribution in [0.4, 0.5) is 0 Å². The molecule has 0 aromatic rings. The average Bonchev–Trinajstić information content (AvgIpc) is 2.38. The Morgan fingerprint density at radius 1 is 1.26 bits per heavy atom. The van der Waals surface area contributed by atoms with Crippen molar-refractivity contribution < 1.29 is 13.2 Å². The van der Waals surface area contributed by atoms with Gasteiger partial charge in [0.25, 0.3) is 10.2 Å². The van der Waals surface area contributed by atoms with Gasteiger partial charge in [-0.2, -0.15) is 17.0 Å². The molecule has 8 heteroatoms. The molecule has 1 amide bonds. The lowest BCUT2D eigenvalue weighted by Crippen LogP contribution is -2.55. The number of nitrogens with zero attached hydrogens (tertiary/aromatic N) is 3. The Morgan fingerprint density at radius 2 is 1.79 bits per heavy atom. The van der Waals surface area contributed by atoms with Gasteiger partial charge in [0.2, 0.25) is 5.91 Å². The fourth-order valence-electron chi connectivity index (χ4n) is 2.04. The Kier molecular flexibility index (Phi) is 5.72. The SMILES string of the molecule is CCC[C@H](N)C(=O)N1CCN(S(=O)(=O)N(C)C)CC1. The topological polar surface area (TPSA) is 87.0 Å². The first-order valence-corrected chi connectivity index (χ1v) is 7.92. The Labute approximate surface area is 115 Å². The Hall–Kier alpha value is -0.700. The van der Waals surface area contributed by atoms with Crippen molar-refractivity contribution in [2.45, 2.75) is 25.8 Å². The van der Waals surface area contributed by atoms with Crippen molar-refractivity contribution in [3.8, 4) is 0 Å². The Bertz CT molecular complexity index is 402. The fourth-order valence-corrected chi connectivity index (χ4v) is 3.13. The van der Waals surface area contributed by atoms with Crippen molar-refractivity contribution in [1.29, 1.82) is 0 Å². The monoisotopic (exact) mass is 292 g/mol. The molecule has 1 fully saturated rings. The number of rotatable bonds is 5. The summed E-state index contributed by atoms with van der Waals surface area (Å²) in [6.45, 7) is 3.44. The van der Waals surface area contributed by atoms with Gasteiger partial charge in [0.05, 0.1) is 6.04 Å². The maximum absolute atomic E-state index is 12.0. The molecule has 19 heavy (non-hydrogen) atoms. The number of amides is 1. The van der Waals surface area contributed by atoms with E-state index in [9.17, 15) is 13.2 Å². The maximum atomic E-state index is 12.0. The zero-order valence-corrected chi connectivity index (χ0v) is 12.7. The normalized spacial score (nSPS) is 19.7. The predicted molar refractivity (Wildman–Crippen MR) is 73.6 cm³/mol. The van der Waals surface area contributed by atoms with Crippen LogP contribution in [0.2, 0.25) is 0 Å². The van der Waals surface area contributed by atoms with Gasteiger partial charge in [-0.25, -0.2) is 0 Å². The van der Waals surface area contributed by atoms with Gasteiger partial charge in [-0.05, 0) is 6.42 Å². The van der Waals surface area contributed by atoms with E-state index in [2.05, 4.69) is 0 Å². The molecule has 1 aliphatic rings. The van der Waals surface area contributed by atoms with Crippen molar-refractivity contribution in [2.24, 2.45) is 5.73 Å². The molecule has 2 N–H and O–H groups in total. The number of hydrogen-bond donors (Lipinski definition) is 1. The predicted octanol–water partition coefficient (Wildman–Crippen LogP) is -0.936. The van der Waals surface area contributed by atoms with Gasteiger partial charge in [0.15, 0.2) is 0 Å². The Balaban J connectivity index is 2.56. The third kappa shape index (κ3) is 3.88. The largest absolute Gasteiger partial charge is 0.339 e. The molecule has 1 atom stereocenters. The molecule has 0 saturated carbocycles. The molecule has 112 valence electrons. The van der Waals surface area contributed by atoms with Gasteiger partial charge in [-0.15, -0.1) is 0 Å². The number of carbonyl (C=O) groups excluding carboxylic acids is 1. The molecule has 0 radical (unpaired) electrons. The van der Waals surface area contributed by atoms with Crippen LogP contribution in [0.1, 0.15) is 19.8 Å². The summed E-state index contributed by atoms with van der Waals surface area (Å²) in [6.07, 6.45) is 1.52. The van der Waals surface area contributed by atoms with E-state index in [0.717, 1.165) is 6.42 Å². The maximum Gasteiger partial charge on any atom is 0.281 e. The number of hydrogen-bond acceptors (Lipinski definition) is 4. The number of piperazine rings is 1. The molecule has 0 spiro atoms. The van der Waals surface area contributed by atoms with Crippen LogP contribution in [0.25, 0.3) is 0 Å². The minimum Gasteiger partial charge on any atom is -0.339 e. The van der Waals surface area contributed by atoms with E-state index in [-0.39, 0.29) is 5.91 Å². The summed E-state index contributed by atoms with van der Waals surface area (Å²) in [5.41, 5.74) is 5.80. The molecule has 0 aromatic carbocycles. The summed E-state index contributed by atoms with van der Waals surface area (Å²) in [7, 11) is -0.374. The third-order valence-electron chi connectivity index (χ3n) is 3.25. The van der Waals surface area contributed by atoms with Gasteiger partial charge in [0.1, 0.15) is 0 Å². The number of carbonyl (C=O) groups is 1. The summed E-state index contributed by atoms with van der Waals surface area (Å²) in [5, 5.41) is 0. The van der Waals surface area contributed by atoms with Crippen LogP contribution in [0.15, 0.2) is 0 Å². The first-order valence-electron chi connectivity index (χ1n) is 6.52. The van der Waals surface area contributed by atoms with E-state index in [1.807, 2.05) is 6.92 Å². The quantitative estimate of drug-likeness (QED) is 0.709. The first kappa shape index (κ1) is 16.4. The van der Waals surface area contributed by atoms with Gasteiger partial charge >= 0.3 is 0 Å². The van der Waals surface area contributed by atoms with Crippen molar-refractivity contribution >= 4 is 16.1 Å². The molecule has 1 rings (SSSR count). The van der Waals surface area contributed by atoms with Crippen molar-refractivity contribution in [1.82, 2.24) is 13.5 Å². The van der Waals surface area contributed by atoms with Crippen LogP contribution in [0, 0.1) is 0 Å². The second-order valence-corrected chi connectivity index (χ2v) is 7.05. The molecule has 0 aromatic heterocycles.